The highest BCUT2D eigenvalue weighted by molar-refractivity contribution is 5.65. The van der Waals surface area contributed by atoms with Crippen LogP contribution < -0.4 is 5.43 Å². The summed E-state index contributed by atoms with van der Waals surface area (Å²) in [7, 11) is 0. The lowest BCUT2D eigenvalue weighted by Gasteiger charge is -2.15. The molecule has 1 heterocycles. The molecule has 150 valence electrons. The average Bonchev–Trinajstić information content (AvgIpc) is 3.19. The topological polar surface area (TPSA) is 33.7 Å². The van der Waals surface area contributed by atoms with Crippen LogP contribution in [0.4, 0.5) is 5.69 Å². The van der Waals surface area contributed by atoms with Crippen molar-refractivity contribution in [3.63, 3.8) is 0 Å². The Kier molecular flexibility index (Phi) is 7.80. The Balaban J connectivity index is 1.45. The number of anilines is 1. The summed E-state index contributed by atoms with van der Waals surface area (Å²) in [4.78, 5) is 0. The van der Waals surface area contributed by atoms with Gasteiger partial charge in [0, 0.05) is 5.69 Å². The van der Waals surface area contributed by atoms with Gasteiger partial charge in [-0.1, -0.05) is 75.6 Å². The minimum Gasteiger partial charge on any atom is -0.497 e. The molecule has 0 bridgehead atoms. The molecule has 0 spiro atoms. The van der Waals surface area contributed by atoms with Crippen LogP contribution in [0.5, 0.6) is 0 Å². The summed E-state index contributed by atoms with van der Waals surface area (Å²) in [6.45, 7) is 6.46. The smallest absolute Gasteiger partial charge is 0.158 e. The van der Waals surface area contributed by atoms with Crippen LogP contribution in [0.1, 0.15) is 39.5 Å². The first-order valence-electron chi connectivity index (χ1n) is 10.4. The summed E-state index contributed by atoms with van der Waals surface area (Å²) in [5.74, 6) is 1.51. The van der Waals surface area contributed by atoms with Crippen LogP contribution in [0.2, 0.25) is 0 Å². The molecule has 4 heteroatoms. The van der Waals surface area contributed by atoms with Crippen molar-refractivity contribution >= 4 is 5.69 Å². The van der Waals surface area contributed by atoms with Crippen molar-refractivity contribution in [2.24, 2.45) is 5.92 Å². The first kappa shape index (κ1) is 20.3. The molecule has 0 amide bonds. The third-order valence-electron chi connectivity index (χ3n) is 5.12. The summed E-state index contributed by atoms with van der Waals surface area (Å²) in [5, 5.41) is 2.04. The summed E-state index contributed by atoms with van der Waals surface area (Å²) in [5.41, 5.74) is 6.89. The van der Waals surface area contributed by atoms with Crippen molar-refractivity contribution in [1.29, 1.82) is 0 Å². The zero-order valence-corrected chi connectivity index (χ0v) is 17.1. The molecule has 1 N–H and O–H groups in total. The van der Waals surface area contributed by atoms with E-state index in [0.29, 0.717) is 19.2 Å². The first-order valence-corrected chi connectivity index (χ1v) is 10.4. The number of hydrogen-bond donors (Lipinski definition) is 1. The van der Waals surface area contributed by atoms with Crippen LogP contribution in [0, 0.1) is 5.92 Å². The number of rotatable bonds is 10. The fraction of sp³-hybridized carbons (Fsp3) is 0.417. The molecule has 1 fully saturated rings. The van der Waals surface area contributed by atoms with E-state index in [4.69, 9.17) is 9.47 Å². The van der Waals surface area contributed by atoms with E-state index >= 15 is 0 Å². The van der Waals surface area contributed by atoms with Crippen LogP contribution >= 0.6 is 0 Å². The van der Waals surface area contributed by atoms with E-state index in [1.807, 2.05) is 11.1 Å². The molecule has 1 aliphatic heterocycles. The lowest BCUT2D eigenvalue weighted by atomic mass is 10.0. The monoisotopic (exact) mass is 380 g/mol. The molecule has 1 unspecified atom stereocenters. The lowest BCUT2D eigenvalue weighted by Crippen LogP contribution is -2.26. The average molecular weight is 381 g/mol. The van der Waals surface area contributed by atoms with Gasteiger partial charge in [-0.05, 0) is 35.6 Å². The predicted octanol–water partition coefficient (Wildman–Crippen LogP) is 6.04. The number of hydrazine groups is 1. The number of nitrogens with zero attached hydrogens (tertiary/aromatic N) is 1. The molecular weight excluding hydrogens is 348 g/mol. The van der Waals surface area contributed by atoms with E-state index in [-0.39, 0.29) is 0 Å². The van der Waals surface area contributed by atoms with Crippen LogP contribution in [0.25, 0.3) is 11.1 Å². The van der Waals surface area contributed by atoms with Crippen molar-refractivity contribution in [2.45, 2.75) is 39.5 Å². The van der Waals surface area contributed by atoms with E-state index < -0.39 is 0 Å². The lowest BCUT2D eigenvalue weighted by molar-refractivity contribution is 0.153. The fourth-order valence-corrected chi connectivity index (χ4v) is 3.31. The third kappa shape index (κ3) is 6.03. The molecule has 2 aromatic carbocycles. The van der Waals surface area contributed by atoms with Crippen LogP contribution in [-0.4, -0.2) is 24.9 Å². The molecule has 3 rings (SSSR count). The van der Waals surface area contributed by atoms with E-state index in [9.17, 15) is 0 Å². The SMILES string of the molecule is CCCCC(CC)COC=C1CN(Nc2ccc(-c3ccccc3)cc2)CO1. The minimum absolute atomic E-state index is 0.517. The largest absolute Gasteiger partial charge is 0.497 e. The second-order valence-corrected chi connectivity index (χ2v) is 7.36. The van der Waals surface area contributed by atoms with Gasteiger partial charge in [0.2, 0.25) is 0 Å². The number of hydrogen-bond acceptors (Lipinski definition) is 4. The quantitative estimate of drug-likeness (QED) is 0.509. The summed E-state index contributed by atoms with van der Waals surface area (Å²) in [6, 6.07) is 18.9. The van der Waals surface area contributed by atoms with Gasteiger partial charge in [0.1, 0.15) is 12.0 Å². The molecule has 0 radical (unpaired) electrons. The van der Waals surface area contributed by atoms with Crippen LogP contribution in [0.15, 0.2) is 66.6 Å². The standard InChI is InChI=1S/C24H32N2O2/c1-3-5-9-20(4-2)17-27-18-24-16-26(19-28-24)25-23-14-12-22(13-15-23)21-10-7-6-8-11-21/h6-8,10-15,18,20,25H,3-5,9,16-17,19H2,1-2H3. The van der Waals surface area contributed by atoms with Crippen molar-refractivity contribution in [3.05, 3.63) is 66.6 Å². The maximum Gasteiger partial charge on any atom is 0.158 e. The van der Waals surface area contributed by atoms with Crippen molar-refractivity contribution in [2.75, 3.05) is 25.3 Å². The Bertz CT molecular complexity index is 728. The minimum atomic E-state index is 0.517. The van der Waals surface area contributed by atoms with Gasteiger partial charge in [0.25, 0.3) is 0 Å². The van der Waals surface area contributed by atoms with Gasteiger partial charge in [0.15, 0.2) is 6.73 Å². The van der Waals surface area contributed by atoms with Gasteiger partial charge in [0.05, 0.1) is 13.2 Å². The van der Waals surface area contributed by atoms with Crippen LogP contribution in [0.3, 0.4) is 0 Å². The van der Waals surface area contributed by atoms with Crippen molar-refractivity contribution in [1.82, 2.24) is 5.01 Å². The molecule has 28 heavy (non-hydrogen) atoms. The number of unbranched alkanes of at least 4 members (excludes halogenated alkanes) is 1. The Morgan fingerprint density at radius 2 is 1.82 bits per heavy atom. The second kappa shape index (κ2) is 10.8. The number of benzene rings is 2. The molecular formula is C24H32N2O2. The Labute approximate surface area is 169 Å². The molecule has 0 saturated carbocycles. The van der Waals surface area contributed by atoms with Gasteiger partial charge in [-0.25, -0.2) is 0 Å². The first-order chi connectivity index (χ1) is 13.8. The molecule has 0 aliphatic carbocycles. The van der Waals surface area contributed by atoms with Crippen LogP contribution in [-0.2, 0) is 9.47 Å². The maximum atomic E-state index is 5.79. The van der Waals surface area contributed by atoms with Gasteiger partial charge in [-0.2, -0.15) is 5.01 Å². The van der Waals surface area contributed by atoms with Gasteiger partial charge >= 0.3 is 0 Å². The summed E-state index contributed by atoms with van der Waals surface area (Å²) >= 11 is 0. The second-order valence-electron chi connectivity index (χ2n) is 7.36. The zero-order valence-electron chi connectivity index (χ0n) is 17.1. The summed E-state index contributed by atoms with van der Waals surface area (Å²) < 4.78 is 11.5. The van der Waals surface area contributed by atoms with Gasteiger partial charge < -0.3 is 14.9 Å². The van der Waals surface area contributed by atoms with Crippen molar-refractivity contribution in [3.8, 4) is 11.1 Å². The highest BCUT2D eigenvalue weighted by Gasteiger charge is 2.18. The molecule has 1 aliphatic rings. The van der Waals surface area contributed by atoms with Gasteiger partial charge in [-0.3, -0.25) is 0 Å². The molecule has 2 aromatic rings. The molecule has 0 aromatic heterocycles. The molecule has 4 nitrogen and oxygen atoms in total. The Morgan fingerprint density at radius 1 is 1.07 bits per heavy atom. The Morgan fingerprint density at radius 3 is 2.54 bits per heavy atom. The Hall–Kier alpha value is -2.46. The van der Waals surface area contributed by atoms with Crippen molar-refractivity contribution < 1.29 is 9.47 Å². The van der Waals surface area contributed by atoms with Gasteiger partial charge in [-0.15, -0.1) is 0 Å². The maximum absolute atomic E-state index is 5.79. The van der Waals surface area contributed by atoms with E-state index in [1.54, 1.807) is 6.26 Å². The number of nitrogens with one attached hydrogen (secondary N) is 1. The highest BCUT2D eigenvalue weighted by atomic mass is 16.5. The molecule has 1 saturated heterocycles. The highest BCUT2D eigenvalue weighted by Crippen LogP contribution is 2.22. The normalized spacial score (nSPS) is 16.7. The van der Waals surface area contributed by atoms with E-state index in [1.165, 1.54) is 30.4 Å². The molecule has 1 atom stereocenters. The van der Waals surface area contributed by atoms with E-state index in [2.05, 4.69) is 67.8 Å². The number of ether oxygens (including phenoxy) is 2. The third-order valence-corrected chi connectivity index (χ3v) is 5.12. The van der Waals surface area contributed by atoms with E-state index in [0.717, 1.165) is 24.5 Å². The summed E-state index contributed by atoms with van der Waals surface area (Å²) in [6.07, 6.45) is 6.71. The fourth-order valence-electron chi connectivity index (χ4n) is 3.31. The zero-order chi connectivity index (χ0) is 19.6. The predicted molar refractivity (Wildman–Crippen MR) is 115 cm³/mol.